The number of para-hydroxylation sites is 1. The van der Waals surface area contributed by atoms with Crippen LogP contribution in [0.15, 0.2) is 94.4 Å². The lowest BCUT2D eigenvalue weighted by Gasteiger charge is -2.10. The Morgan fingerprint density at radius 3 is 2.62 bits per heavy atom. The SMILES string of the molecule is O=C(Nc1ccc2nc(-c3ccco3)[nH]c2c1)c1cccc(S(=O)(=O)Nc2ccccc2F)c1. The van der Waals surface area contributed by atoms with E-state index >= 15 is 0 Å². The summed E-state index contributed by atoms with van der Waals surface area (Å²) in [6.07, 6.45) is 1.55. The summed E-state index contributed by atoms with van der Waals surface area (Å²) in [5.41, 5.74) is 1.81. The Hall–Kier alpha value is -4.44. The molecule has 5 rings (SSSR count). The molecule has 3 aromatic carbocycles. The largest absolute Gasteiger partial charge is 0.461 e. The summed E-state index contributed by atoms with van der Waals surface area (Å²) in [4.78, 5) is 20.2. The van der Waals surface area contributed by atoms with Gasteiger partial charge >= 0.3 is 0 Å². The number of aromatic amines is 1. The fourth-order valence-corrected chi connectivity index (χ4v) is 4.49. The minimum Gasteiger partial charge on any atom is -0.461 e. The van der Waals surface area contributed by atoms with Gasteiger partial charge in [0.1, 0.15) is 5.82 Å². The highest BCUT2D eigenvalue weighted by molar-refractivity contribution is 7.92. The van der Waals surface area contributed by atoms with Gasteiger partial charge in [0.25, 0.3) is 15.9 Å². The predicted octanol–water partition coefficient (Wildman–Crippen LogP) is 5.02. The maximum atomic E-state index is 13.9. The number of hydrogen-bond acceptors (Lipinski definition) is 5. The van der Waals surface area contributed by atoms with Crippen molar-refractivity contribution in [3.05, 3.63) is 96.5 Å². The second-order valence-corrected chi connectivity index (χ2v) is 9.04. The molecule has 8 nitrogen and oxygen atoms in total. The number of carbonyl (C=O) groups is 1. The van der Waals surface area contributed by atoms with Gasteiger partial charge in [0, 0.05) is 11.3 Å². The first-order chi connectivity index (χ1) is 16.4. The summed E-state index contributed by atoms with van der Waals surface area (Å²) >= 11 is 0. The highest BCUT2D eigenvalue weighted by Gasteiger charge is 2.18. The minimum atomic E-state index is -4.10. The molecule has 0 radical (unpaired) electrons. The van der Waals surface area contributed by atoms with Crippen molar-refractivity contribution in [3.63, 3.8) is 0 Å². The average Bonchev–Trinajstić information content (AvgIpc) is 3.50. The van der Waals surface area contributed by atoms with Crippen molar-refractivity contribution in [1.29, 1.82) is 0 Å². The van der Waals surface area contributed by atoms with Crippen molar-refractivity contribution in [2.75, 3.05) is 10.0 Å². The monoisotopic (exact) mass is 476 g/mol. The number of carbonyl (C=O) groups excluding carboxylic acids is 1. The van der Waals surface area contributed by atoms with E-state index in [-0.39, 0.29) is 16.1 Å². The van der Waals surface area contributed by atoms with E-state index in [1.54, 1.807) is 36.6 Å². The molecular weight excluding hydrogens is 459 g/mol. The number of furan rings is 1. The zero-order valence-corrected chi connectivity index (χ0v) is 18.3. The standard InChI is InChI=1S/C24H17FN4O4S/c25-18-7-1-2-8-19(18)29-34(31,32)17-6-3-5-15(13-17)24(30)26-16-10-11-20-21(14-16)28-23(27-20)22-9-4-12-33-22/h1-14,29H,(H,26,30)(H,27,28). The van der Waals surface area contributed by atoms with Gasteiger partial charge in [-0.1, -0.05) is 18.2 Å². The molecule has 10 heteroatoms. The number of nitrogens with one attached hydrogen (secondary N) is 3. The van der Waals surface area contributed by atoms with Crippen molar-refractivity contribution < 1.29 is 22.0 Å². The van der Waals surface area contributed by atoms with E-state index in [1.165, 1.54) is 42.5 Å². The third-order valence-electron chi connectivity index (χ3n) is 5.02. The van der Waals surface area contributed by atoms with Gasteiger partial charge < -0.3 is 14.7 Å². The van der Waals surface area contributed by atoms with E-state index in [4.69, 9.17) is 4.42 Å². The molecule has 2 heterocycles. The number of H-pyrrole nitrogens is 1. The first-order valence-electron chi connectivity index (χ1n) is 10.1. The fraction of sp³-hybridized carbons (Fsp3) is 0. The lowest BCUT2D eigenvalue weighted by molar-refractivity contribution is 0.102. The van der Waals surface area contributed by atoms with E-state index in [0.717, 1.165) is 6.07 Å². The third kappa shape index (κ3) is 4.26. The molecule has 0 saturated carbocycles. The second kappa shape index (κ2) is 8.49. The number of amides is 1. The Morgan fingerprint density at radius 1 is 0.971 bits per heavy atom. The normalized spacial score (nSPS) is 11.4. The highest BCUT2D eigenvalue weighted by Crippen LogP contribution is 2.24. The van der Waals surface area contributed by atoms with E-state index in [0.29, 0.717) is 28.3 Å². The number of aromatic nitrogens is 2. The number of imidazole rings is 1. The number of fused-ring (bicyclic) bond motifs is 1. The molecule has 0 atom stereocenters. The predicted molar refractivity (Wildman–Crippen MR) is 125 cm³/mol. The van der Waals surface area contributed by atoms with Gasteiger partial charge in [0.05, 0.1) is 27.9 Å². The zero-order valence-electron chi connectivity index (χ0n) is 17.4. The summed E-state index contributed by atoms with van der Waals surface area (Å²) < 4.78 is 46.8. The number of anilines is 2. The van der Waals surface area contributed by atoms with Gasteiger partial charge in [0.2, 0.25) is 0 Å². The van der Waals surface area contributed by atoms with Gasteiger partial charge in [-0.2, -0.15) is 0 Å². The van der Waals surface area contributed by atoms with Crippen LogP contribution in [-0.2, 0) is 10.0 Å². The number of hydrogen-bond donors (Lipinski definition) is 3. The van der Waals surface area contributed by atoms with Crippen LogP contribution in [0.3, 0.4) is 0 Å². The molecule has 3 N–H and O–H groups in total. The van der Waals surface area contributed by atoms with Crippen LogP contribution in [0.2, 0.25) is 0 Å². The number of halogens is 1. The minimum absolute atomic E-state index is 0.123. The fourth-order valence-electron chi connectivity index (χ4n) is 3.37. The molecule has 0 saturated heterocycles. The highest BCUT2D eigenvalue weighted by atomic mass is 32.2. The first-order valence-corrected chi connectivity index (χ1v) is 11.6. The molecule has 34 heavy (non-hydrogen) atoms. The summed E-state index contributed by atoms with van der Waals surface area (Å²) in [6.45, 7) is 0. The topological polar surface area (TPSA) is 117 Å². The van der Waals surface area contributed by atoms with Gasteiger partial charge in [-0.15, -0.1) is 0 Å². The Morgan fingerprint density at radius 2 is 1.82 bits per heavy atom. The summed E-state index contributed by atoms with van der Waals surface area (Å²) in [6, 6.07) is 19.6. The van der Waals surface area contributed by atoms with Crippen LogP contribution in [0.25, 0.3) is 22.6 Å². The van der Waals surface area contributed by atoms with Crippen LogP contribution in [0, 0.1) is 5.82 Å². The van der Waals surface area contributed by atoms with Crippen molar-refractivity contribution in [2.24, 2.45) is 0 Å². The van der Waals surface area contributed by atoms with E-state index in [1.807, 2.05) is 0 Å². The maximum Gasteiger partial charge on any atom is 0.262 e. The van der Waals surface area contributed by atoms with Gasteiger partial charge in [-0.25, -0.2) is 17.8 Å². The van der Waals surface area contributed by atoms with E-state index in [9.17, 15) is 17.6 Å². The average molecular weight is 476 g/mol. The molecule has 1 amide bonds. The smallest absolute Gasteiger partial charge is 0.262 e. The van der Waals surface area contributed by atoms with E-state index in [2.05, 4.69) is 20.0 Å². The Kier molecular flexibility index (Phi) is 5.34. The van der Waals surface area contributed by atoms with Gasteiger partial charge in [-0.05, 0) is 60.7 Å². The molecule has 170 valence electrons. The summed E-state index contributed by atoms with van der Waals surface area (Å²) in [5, 5.41) is 2.75. The molecule has 0 spiro atoms. The van der Waals surface area contributed by atoms with Crippen molar-refractivity contribution in [3.8, 4) is 11.6 Å². The Labute approximate surface area is 193 Å². The number of rotatable bonds is 6. The Bertz CT molecular complexity index is 1610. The quantitative estimate of drug-likeness (QED) is 0.318. The van der Waals surface area contributed by atoms with E-state index < -0.39 is 21.7 Å². The second-order valence-electron chi connectivity index (χ2n) is 7.36. The van der Waals surface area contributed by atoms with Gasteiger partial charge in [0.15, 0.2) is 11.6 Å². The lowest BCUT2D eigenvalue weighted by atomic mass is 10.2. The van der Waals surface area contributed by atoms with Gasteiger partial charge in [-0.3, -0.25) is 9.52 Å². The maximum absolute atomic E-state index is 13.9. The molecule has 0 aliphatic heterocycles. The van der Waals surface area contributed by atoms with Crippen molar-refractivity contribution in [1.82, 2.24) is 9.97 Å². The molecule has 0 unspecified atom stereocenters. The Balaban J connectivity index is 1.36. The zero-order chi connectivity index (χ0) is 23.7. The molecular formula is C24H17FN4O4S. The molecule has 0 fully saturated rings. The van der Waals surface area contributed by atoms with Crippen LogP contribution >= 0.6 is 0 Å². The lowest BCUT2D eigenvalue weighted by Crippen LogP contribution is -2.16. The van der Waals surface area contributed by atoms with Crippen LogP contribution < -0.4 is 10.0 Å². The molecule has 2 aromatic heterocycles. The van der Waals surface area contributed by atoms with Crippen LogP contribution in [0.5, 0.6) is 0 Å². The summed E-state index contributed by atoms with van der Waals surface area (Å²) in [5.74, 6) is -0.0648. The van der Waals surface area contributed by atoms with Crippen LogP contribution in [0.1, 0.15) is 10.4 Å². The molecule has 0 bridgehead atoms. The molecule has 0 aliphatic carbocycles. The number of nitrogens with zero attached hydrogens (tertiary/aromatic N) is 1. The third-order valence-corrected chi connectivity index (χ3v) is 6.38. The number of sulfonamides is 1. The van der Waals surface area contributed by atoms with Crippen LogP contribution in [0.4, 0.5) is 15.8 Å². The number of benzene rings is 3. The molecule has 0 aliphatic rings. The van der Waals surface area contributed by atoms with Crippen molar-refractivity contribution in [2.45, 2.75) is 4.90 Å². The molecule has 5 aromatic rings. The summed E-state index contributed by atoms with van der Waals surface area (Å²) in [7, 11) is -4.10. The van der Waals surface area contributed by atoms with Crippen LogP contribution in [-0.4, -0.2) is 24.3 Å². The van der Waals surface area contributed by atoms with Crippen molar-refractivity contribution >= 4 is 38.3 Å². The first kappa shape index (κ1) is 21.4.